The summed E-state index contributed by atoms with van der Waals surface area (Å²) >= 11 is 0. The number of rotatable bonds is 5. The van der Waals surface area contributed by atoms with Gasteiger partial charge >= 0.3 is 0 Å². The molecule has 0 aliphatic carbocycles. The first-order chi connectivity index (χ1) is 14.0. The molecule has 0 unspecified atom stereocenters. The predicted molar refractivity (Wildman–Crippen MR) is 106 cm³/mol. The number of benzene rings is 2. The van der Waals surface area contributed by atoms with E-state index in [1.54, 1.807) is 55.6 Å². The molecule has 2 aromatic carbocycles. The Hall–Kier alpha value is -3.68. The highest BCUT2D eigenvalue weighted by atomic mass is 16.5. The number of nitrogens with zero attached hydrogens (tertiary/aromatic N) is 3. The summed E-state index contributed by atoms with van der Waals surface area (Å²) in [7, 11) is 3.02. The molecule has 0 spiro atoms. The zero-order valence-electron chi connectivity index (χ0n) is 16.2. The van der Waals surface area contributed by atoms with Gasteiger partial charge in [-0.25, -0.2) is 4.90 Å². The van der Waals surface area contributed by atoms with Gasteiger partial charge < -0.3 is 9.47 Å². The summed E-state index contributed by atoms with van der Waals surface area (Å²) in [4.78, 5) is 39.9. The van der Waals surface area contributed by atoms with Gasteiger partial charge in [-0.15, -0.1) is 0 Å². The molecule has 0 bridgehead atoms. The summed E-state index contributed by atoms with van der Waals surface area (Å²) in [5.74, 6) is -1.22. The number of anilines is 2. The Bertz CT molecular complexity index is 1030. The van der Waals surface area contributed by atoms with Crippen molar-refractivity contribution in [2.24, 2.45) is 11.0 Å². The van der Waals surface area contributed by atoms with Crippen LogP contribution in [0.1, 0.15) is 6.92 Å². The van der Waals surface area contributed by atoms with Crippen molar-refractivity contribution in [3.8, 4) is 11.5 Å². The lowest BCUT2D eigenvalue weighted by Gasteiger charge is -2.23. The van der Waals surface area contributed by atoms with Crippen LogP contribution in [0.4, 0.5) is 11.4 Å². The van der Waals surface area contributed by atoms with E-state index in [1.165, 1.54) is 19.0 Å². The van der Waals surface area contributed by atoms with E-state index in [4.69, 9.17) is 9.47 Å². The van der Waals surface area contributed by atoms with Gasteiger partial charge in [0, 0.05) is 6.92 Å². The summed E-state index contributed by atoms with van der Waals surface area (Å²) in [6.45, 7) is 1.34. The highest BCUT2D eigenvalue weighted by molar-refractivity contribution is 6.49. The summed E-state index contributed by atoms with van der Waals surface area (Å²) in [5, 5.41) is 5.77. The summed E-state index contributed by atoms with van der Waals surface area (Å²) < 4.78 is 10.5. The Morgan fingerprint density at radius 2 is 1.66 bits per heavy atom. The number of ketones is 1. The number of methoxy groups -OCH3 is 2. The lowest BCUT2D eigenvalue weighted by Crippen LogP contribution is -2.39. The zero-order valence-corrected chi connectivity index (χ0v) is 16.2. The maximum atomic E-state index is 13.3. The molecular weight excluding hydrogens is 374 g/mol. The Kier molecular flexibility index (Phi) is 4.54. The van der Waals surface area contributed by atoms with E-state index in [0.29, 0.717) is 22.9 Å². The lowest BCUT2D eigenvalue weighted by atomic mass is 9.95. The molecule has 0 saturated carbocycles. The van der Waals surface area contributed by atoms with Gasteiger partial charge in [-0.2, -0.15) is 5.10 Å². The third-order valence-electron chi connectivity index (χ3n) is 5.07. The molecule has 2 aromatic rings. The number of para-hydroxylation sites is 2. The molecule has 2 aliphatic heterocycles. The molecule has 2 amide bonds. The average Bonchev–Trinajstić information content (AvgIpc) is 3.25. The molecule has 4 rings (SSSR count). The molecule has 8 nitrogen and oxygen atoms in total. The van der Waals surface area contributed by atoms with Gasteiger partial charge in [0.15, 0.2) is 5.78 Å². The number of Topliss-reactive ketones (excluding diaryl/α,β-unsaturated/α-hetero) is 1. The molecule has 2 heterocycles. The largest absolute Gasteiger partial charge is 0.497 e. The maximum Gasteiger partial charge on any atom is 0.260 e. The zero-order chi connectivity index (χ0) is 20.7. The second-order valence-electron chi connectivity index (χ2n) is 6.69. The van der Waals surface area contributed by atoms with Crippen LogP contribution in [0.2, 0.25) is 0 Å². The highest BCUT2D eigenvalue weighted by Crippen LogP contribution is 2.40. The smallest absolute Gasteiger partial charge is 0.260 e. The number of amides is 2. The Morgan fingerprint density at radius 3 is 2.28 bits per heavy atom. The summed E-state index contributed by atoms with van der Waals surface area (Å²) in [5.41, 5.74) is 0.999. The van der Waals surface area contributed by atoms with Gasteiger partial charge in [0.2, 0.25) is 5.91 Å². The van der Waals surface area contributed by atoms with Crippen molar-refractivity contribution in [2.75, 3.05) is 24.1 Å². The molecule has 0 aromatic heterocycles. The van der Waals surface area contributed by atoms with Gasteiger partial charge in [0.05, 0.1) is 25.6 Å². The number of hydrogen-bond acceptors (Lipinski definition) is 7. The first kappa shape index (κ1) is 18.7. The van der Waals surface area contributed by atoms with Crippen molar-refractivity contribution in [1.82, 2.24) is 0 Å². The second kappa shape index (κ2) is 7.05. The Labute approximate surface area is 167 Å². The van der Waals surface area contributed by atoms with Crippen LogP contribution in [0, 0.1) is 5.92 Å². The molecule has 0 radical (unpaired) electrons. The van der Waals surface area contributed by atoms with E-state index in [-0.39, 0.29) is 11.5 Å². The fourth-order valence-corrected chi connectivity index (χ4v) is 3.70. The first-order valence-corrected chi connectivity index (χ1v) is 9.01. The molecule has 1 fully saturated rings. The van der Waals surface area contributed by atoms with E-state index in [0.717, 1.165) is 4.90 Å². The Balaban J connectivity index is 1.79. The van der Waals surface area contributed by atoms with E-state index in [9.17, 15) is 14.4 Å². The van der Waals surface area contributed by atoms with Crippen LogP contribution in [0.25, 0.3) is 0 Å². The van der Waals surface area contributed by atoms with Gasteiger partial charge in [0.25, 0.3) is 5.91 Å². The number of imide groups is 1. The standard InChI is InChI=1S/C21H19N3O5/c1-12(25)18-17-19(24(22-18)13-8-10-14(28-2)11-9-13)21(27)23(20(17)26)15-6-4-5-7-16(15)29-3/h4-11,17,19H,1-3H3/t17-,19-/m0/s1. The fraction of sp³-hybridized carbons (Fsp3) is 0.238. The number of carbonyl (C=O) groups excluding carboxylic acids is 3. The Morgan fingerprint density at radius 1 is 0.966 bits per heavy atom. The van der Waals surface area contributed by atoms with E-state index in [2.05, 4.69) is 5.10 Å². The molecule has 29 heavy (non-hydrogen) atoms. The lowest BCUT2D eigenvalue weighted by molar-refractivity contribution is -0.122. The van der Waals surface area contributed by atoms with E-state index >= 15 is 0 Å². The quantitative estimate of drug-likeness (QED) is 0.723. The van der Waals surface area contributed by atoms with Gasteiger partial charge in [-0.1, -0.05) is 12.1 Å². The minimum atomic E-state index is -0.966. The average molecular weight is 393 g/mol. The highest BCUT2D eigenvalue weighted by Gasteiger charge is 2.58. The third kappa shape index (κ3) is 2.84. The van der Waals surface area contributed by atoms with E-state index in [1.807, 2.05) is 0 Å². The number of carbonyl (C=O) groups is 3. The predicted octanol–water partition coefficient (Wildman–Crippen LogP) is 2.03. The van der Waals surface area contributed by atoms with Crippen LogP contribution in [-0.2, 0) is 14.4 Å². The number of ether oxygens (including phenoxy) is 2. The maximum absolute atomic E-state index is 13.3. The van der Waals surface area contributed by atoms with Gasteiger partial charge in [-0.3, -0.25) is 19.4 Å². The van der Waals surface area contributed by atoms with Crippen LogP contribution >= 0.6 is 0 Å². The van der Waals surface area contributed by atoms with Crippen molar-refractivity contribution >= 4 is 34.7 Å². The second-order valence-corrected chi connectivity index (χ2v) is 6.69. The number of hydrazone groups is 1. The molecule has 2 aliphatic rings. The number of fused-ring (bicyclic) bond motifs is 1. The summed E-state index contributed by atoms with van der Waals surface area (Å²) in [6.07, 6.45) is 0. The summed E-state index contributed by atoms with van der Waals surface area (Å²) in [6, 6.07) is 12.8. The SMILES string of the molecule is COc1ccc(N2N=C(C(C)=O)[C@@H]3C(=O)N(c4ccccc4OC)C(=O)[C@H]32)cc1. The topological polar surface area (TPSA) is 88.5 Å². The first-order valence-electron chi connectivity index (χ1n) is 9.01. The van der Waals surface area contributed by atoms with Crippen molar-refractivity contribution in [3.05, 3.63) is 48.5 Å². The van der Waals surface area contributed by atoms with Crippen LogP contribution in [0.3, 0.4) is 0 Å². The minimum Gasteiger partial charge on any atom is -0.497 e. The van der Waals surface area contributed by atoms with Crippen LogP contribution < -0.4 is 19.4 Å². The minimum absolute atomic E-state index is 0.0709. The fourth-order valence-electron chi connectivity index (χ4n) is 3.70. The third-order valence-corrected chi connectivity index (χ3v) is 5.07. The monoisotopic (exact) mass is 393 g/mol. The van der Waals surface area contributed by atoms with Gasteiger partial charge in [0.1, 0.15) is 29.2 Å². The molecule has 0 N–H and O–H groups in total. The molecule has 8 heteroatoms. The van der Waals surface area contributed by atoms with Crippen LogP contribution in [0.5, 0.6) is 11.5 Å². The number of hydrogen-bond donors (Lipinski definition) is 0. The normalized spacial score (nSPS) is 20.6. The van der Waals surface area contributed by atoms with Crippen LogP contribution in [-0.4, -0.2) is 43.6 Å². The molecular formula is C21H19N3O5. The molecule has 1 saturated heterocycles. The van der Waals surface area contributed by atoms with Crippen molar-refractivity contribution in [2.45, 2.75) is 13.0 Å². The van der Waals surface area contributed by atoms with Crippen molar-refractivity contribution < 1.29 is 23.9 Å². The van der Waals surface area contributed by atoms with E-state index < -0.39 is 23.8 Å². The van der Waals surface area contributed by atoms with Gasteiger partial charge in [-0.05, 0) is 36.4 Å². The molecule has 148 valence electrons. The van der Waals surface area contributed by atoms with Crippen molar-refractivity contribution in [1.29, 1.82) is 0 Å². The van der Waals surface area contributed by atoms with Crippen molar-refractivity contribution in [3.63, 3.8) is 0 Å². The molecule has 2 atom stereocenters. The van der Waals surface area contributed by atoms with Crippen LogP contribution in [0.15, 0.2) is 53.6 Å².